The molecule has 0 bridgehead atoms. The topological polar surface area (TPSA) is 152 Å². The van der Waals surface area contributed by atoms with Gasteiger partial charge in [-0.15, -0.1) is 0 Å². The number of pyridine rings is 3. The maximum absolute atomic E-state index is 13.2. The van der Waals surface area contributed by atoms with Crippen LogP contribution in [0.5, 0.6) is 0 Å². The highest BCUT2D eigenvalue weighted by molar-refractivity contribution is 7.08. The van der Waals surface area contributed by atoms with Gasteiger partial charge in [-0.25, -0.2) is 9.78 Å². The summed E-state index contributed by atoms with van der Waals surface area (Å²) in [6, 6.07) is 5.47. The Morgan fingerprint density at radius 2 is 2.02 bits per heavy atom. The number of carboxylic acids is 1. The van der Waals surface area contributed by atoms with E-state index in [1.165, 1.54) is 10.8 Å². The first-order valence-corrected chi connectivity index (χ1v) is 14.3. The van der Waals surface area contributed by atoms with Crippen molar-refractivity contribution in [3.05, 3.63) is 57.6 Å². The summed E-state index contributed by atoms with van der Waals surface area (Å²) in [6.45, 7) is 5.86. The molecule has 0 aromatic carbocycles. The molecule has 13 heteroatoms. The monoisotopic (exact) mass is 575 g/mol. The molecule has 12 nitrogen and oxygen atoms in total. The van der Waals surface area contributed by atoms with E-state index in [2.05, 4.69) is 19.7 Å². The number of carbonyl (C=O) groups excluding carboxylic acids is 1. The summed E-state index contributed by atoms with van der Waals surface area (Å²) in [6.07, 6.45) is 6.14. The lowest BCUT2D eigenvalue weighted by atomic mass is 9.98. The third-order valence-electron chi connectivity index (χ3n) is 7.52. The summed E-state index contributed by atoms with van der Waals surface area (Å²) in [5.41, 5.74) is 1.44. The minimum absolute atomic E-state index is 0.0112. The second-order valence-electron chi connectivity index (χ2n) is 10.5. The first kappa shape index (κ1) is 27.0. The molecule has 1 unspecified atom stereocenters. The van der Waals surface area contributed by atoms with Gasteiger partial charge < -0.3 is 20.1 Å². The van der Waals surface area contributed by atoms with Crippen LogP contribution in [0.1, 0.15) is 40.9 Å². The highest BCUT2D eigenvalue weighted by Gasteiger charge is 2.34. The SMILES string of the molecule is Cc1ccc(-c2nsc(-n3cc(C(=O)O)c(=O)c4c(C)cc(N5CC(C(=O)NCC6CCCCO6)C5)nc43)n2)cn1. The Bertz CT molecular complexity index is 1690. The summed E-state index contributed by atoms with van der Waals surface area (Å²) in [5, 5.41) is 13.3. The lowest BCUT2D eigenvalue weighted by Gasteiger charge is -2.39. The van der Waals surface area contributed by atoms with Crippen molar-refractivity contribution in [1.82, 2.24) is 29.2 Å². The number of carboxylic acid groups (broad SMARTS) is 1. The number of aromatic nitrogens is 5. The number of anilines is 1. The smallest absolute Gasteiger partial charge is 0.341 e. The normalized spacial score (nSPS) is 17.4. The second-order valence-corrected chi connectivity index (χ2v) is 11.2. The fourth-order valence-electron chi connectivity index (χ4n) is 5.13. The van der Waals surface area contributed by atoms with Crippen molar-refractivity contribution < 1.29 is 19.4 Å². The van der Waals surface area contributed by atoms with Crippen molar-refractivity contribution in [2.45, 2.75) is 39.2 Å². The Morgan fingerprint density at radius 1 is 1.20 bits per heavy atom. The maximum atomic E-state index is 13.2. The Labute approximate surface area is 239 Å². The first-order valence-electron chi connectivity index (χ1n) is 13.5. The standard InChI is InChI=1S/C28H29N7O5S/c1-15-9-21(34-12-18(13-34)26(37)30-11-19-5-3-4-8-40-19)31-25-22(15)23(36)20(27(38)39)14-35(25)28-32-24(33-41-28)17-7-6-16(2)29-10-17/h6-7,9-10,14,18-19H,3-5,8,11-13H2,1-2H3,(H,30,37)(H,38,39). The summed E-state index contributed by atoms with van der Waals surface area (Å²) in [7, 11) is 0. The number of nitrogens with zero attached hydrogens (tertiary/aromatic N) is 6. The molecule has 6 heterocycles. The number of nitrogens with one attached hydrogen (secondary N) is 1. The molecule has 2 aliphatic heterocycles. The summed E-state index contributed by atoms with van der Waals surface area (Å²) >= 11 is 1.07. The van der Waals surface area contributed by atoms with E-state index in [-0.39, 0.29) is 34.5 Å². The number of ether oxygens (including phenoxy) is 1. The second kappa shape index (κ2) is 11.0. The number of aryl methyl sites for hydroxylation is 2. The largest absolute Gasteiger partial charge is 0.477 e. The lowest BCUT2D eigenvalue weighted by molar-refractivity contribution is -0.126. The van der Waals surface area contributed by atoms with Gasteiger partial charge in [0.25, 0.3) is 0 Å². The van der Waals surface area contributed by atoms with E-state index >= 15 is 0 Å². The minimum atomic E-state index is -1.34. The van der Waals surface area contributed by atoms with E-state index < -0.39 is 11.4 Å². The van der Waals surface area contributed by atoms with E-state index in [9.17, 15) is 19.5 Å². The van der Waals surface area contributed by atoms with Crippen LogP contribution >= 0.6 is 11.5 Å². The molecule has 1 atom stereocenters. The Morgan fingerprint density at radius 3 is 2.73 bits per heavy atom. The highest BCUT2D eigenvalue weighted by Crippen LogP contribution is 2.29. The van der Waals surface area contributed by atoms with Gasteiger partial charge in [0, 0.05) is 61.4 Å². The molecule has 41 heavy (non-hydrogen) atoms. The lowest BCUT2D eigenvalue weighted by Crippen LogP contribution is -2.55. The zero-order valence-electron chi connectivity index (χ0n) is 22.7. The summed E-state index contributed by atoms with van der Waals surface area (Å²) in [4.78, 5) is 53.5. The molecule has 212 valence electrons. The van der Waals surface area contributed by atoms with Crippen molar-refractivity contribution in [2.75, 3.05) is 31.1 Å². The van der Waals surface area contributed by atoms with Gasteiger partial charge in [0.1, 0.15) is 11.4 Å². The first-order chi connectivity index (χ1) is 19.8. The maximum Gasteiger partial charge on any atom is 0.341 e. The number of carbonyl (C=O) groups is 2. The van der Waals surface area contributed by atoms with E-state index in [0.717, 1.165) is 43.1 Å². The number of rotatable bonds is 7. The molecule has 0 aliphatic carbocycles. The van der Waals surface area contributed by atoms with Crippen LogP contribution in [-0.4, -0.2) is 73.2 Å². The van der Waals surface area contributed by atoms with Crippen LogP contribution in [0, 0.1) is 19.8 Å². The zero-order valence-corrected chi connectivity index (χ0v) is 23.5. The summed E-state index contributed by atoms with van der Waals surface area (Å²) in [5.74, 6) is -0.496. The van der Waals surface area contributed by atoms with E-state index in [4.69, 9.17) is 9.72 Å². The molecule has 2 N–H and O–H groups in total. The molecule has 6 rings (SSSR count). The van der Waals surface area contributed by atoms with Gasteiger partial charge in [0.15, 0.2) is 11.5 Å². The van der Waals surface area contributed by atoms with Crippen LogP contribution in [0.4, 0.5) is 5.82 Å². The van der Waals surface area contributed by atoms with E-state index in [0.29, 0.717) is 47.5 Å². The number of hydrogen-bond donors (Lipinski definition) is 2. The highest BCUT2D eigenvalue weighted by atomic mass is 32.1. The van der Waals surface area contributed by atoms with Crippen molar-refractivity contribution in [2.24, 2.45) is 5.92 Å². The predicted molar refractivity (Wildman–Crippen MR) is 153 cm³/mol. The van der Waals surface area contributed by atoms with Crippen LogP contribution in [0.25, 0.3) is 27.6 Å². The minimum Gasteiger partial charge on any atom is -0.477 e. The quantitative estimate of drug-likeness (QED) is 0.336. The number of aromatic carboxylic acids is 1. The predicted octanol–water partition coefficient (Wildman–Crippen LogP) is 2.74. The van der Waals surface area contributed by atoms with Crippen LogP contribution in [-0.2, 0) is 9.53 Å². The summed E-state index contributed by atoms with van der Waals surface area (Å²) < 4.78 is 11.6. The van der Waals surface area contributed by atoms with Gasteiger partial charge >= 0.3 is 5.97 Å². The molecule has 0 radical (unpaired) electrons. The molecule has 0 saturated carbocycles. The molecular formula is C28H29N7O5S. The molecule has 4 aromatic heterocycles. The molecule has 0 spiro atoms. The number of amides is 1. The Kier molecular flexibility index (Phi) is 7.22. The zero-order chi connectivity index (χ0) is 28.7. The van der Waals surface area contributed by atoms with Crippen molar-refractivity contribution >= 4 is 40.3 Å². The van der Waals surface area contributed by atoms with Crippen molar-refractivity contribution in [3.63, 3.8) is 0 Å². The van der Waals surface area contributed by atoms with Gasteiger partial charge in [-0.2, -0.15) is 9.36 Å². The van der Waals surface area contributed by atoms with Gasteiger partial charge in [-0.3, -0.25) is 19.1 Å². The molecule has 2 saturated heterocycles. The number of fused-ring (bicyclic) bond motifs is 1. The van der Waals surface area contributed by atoms with Crippen molar-refractivity contribution in [3.8, 4) is 16.5 Å². The van der Waals surface area contributed by atoms with Gasteiger partial charge in [-0.1, -0.05) is 0 Å². The van der Waals surface area contributed by atoms with Crippen LogP contribution in [0.15, 0.2) is 35.4 Å². The Balaban J connectivity index is 1.29. The van der Waals surface area contributed by atoms with Crippen LogP contribution in [0.2, 0.25) is 0 Å². The fraction of sp³-hybridized carbons (Fsp3) is 0.393. The van der Waals surface area contributed by atoms with E-state index in [1.807, 2.05) is 24.0 Å². The molecule has 2 aliphatic rings. The van der Waals surface area contributed by atoms with Gasteiger partial charge in [0.2, 0.25) is 16.5 Å². The third-order valence-corrected chi connectivity index (χ3v) is 8.23. The average Bonchev–Trinajstić information content (AvgIpc) is 3.42. The molecule has 2 fully saturated rings. The van der Waals surface area contributed by atoms with Gasteiger partial charge in [-0.05, 0) is 56.9 Å². The Hall–Kier alpha value is -4.23. The fourth-order valence-corrected chi connectivity index (χ4v) is 5.80. The molecular weight excluding hydrogens is 546 g/mol. The average molecular weight is 576 g/mol. The van der Waals surface area contributed by atoms with Crippen LogP contribution < -0.4 is 15.6 Å². The third kappa shape index (κ3) is 5.30. The molecule has 1 amide bonds. The van der Waals surface area contributed by atoms with Crippen molar-refractivity contribution in [1.29, 1.82) is 0 Å². The van der Waals surface area contributed by atoms with Crippen LogP contribution in [0.3, 0.4) is 0 Å². The molecule has 4 aromatic rings. The number of hydrogen-bond acceptors (Lipinski definition) is 10. The van der Waals surface area contributed by atoms with E-state index in [1.54, 1.807) is 19.2 Å². The van der Waals surface area contributed by atoms with Gasteiger partial charge in [0.05, 0.1) is 17.4 Å².